The van der Waals surface area contributed by atoms with E-state index in [2.05, 4.69) is 0 Å². The van der Waals surface area contributed by atoms with Crippen LogP contribution >= 0.6 is 17.0 Å². The summed E-state index contributed by atoms with van der Waals surface area (Å²) in [6, 6.07) is 0. The van der Waals surface area contributed by atoms with Crippen LogP contribution in [0.25, 0.3) is 0 Å². The summed E-state index contributed by atoms with van der Waals surface area (Å²) >= 11 is 1.59. The molecule has 2 heteroatoms. The third-order valence-electron chi connectivity index (χ3n) is 4.42. The summed E-state index contributed by atoms with van der Waals surface area (Å²) in [5, 5.41) is 0. The molecule has 0 spiro atoms. The van der Waals surface area contributed by atoms with Crippen LogP contribution in [0, 0.1) is 23.7 Å². The molecule has 4 saturated carbocycles. The van der Waals surface area contributed by atoms with E-state index in [0.717, 1.165) is 0 Å². The first-order valence-corrected chi connectivity index (χ1v) is 6.87. The molecule has 0 saturated heterocycles. The zero-order chi connectivity index (χ0) is 7.42. The van der Waals surface area contributed by atoms with Gasteiger partial charge in [-0.1, -0.05) is 0 Å². The van der Waals surface area contributed by atoms with Crippen molar-refractivity contribution in [2.75, 3.05) is 0 Å². The van der Waals surface area contributed by atoms with Gasteiger partial charge in [0.15, 0.2) is 0 Å². The molecule has 12 heavy (non-hydrogen) atoms. The summed E-state index contributed by atoms with van der Waals surface area (Å²) in [5.74, 6) is 4.76. The normalized spacial score (nSPS) is 55.3. The van der Waals surface area contributed by atoms with Crippen LogP contribution in [0.1, 0.15) is 32.1 Å². The predicted molar refractivity (Wildman–Crippen MR) is 51.1 cm³/mol. The molecule has 0 heterocycles. The number of rotatable bonds is 0. The molecular weight excluding hydrogens is 265 g/mol. The number of hydrogen-bond acceptors (Lipinski definition) is 0. The molecule has 0 unspecified atom stereocenters. The van der Waals surface area contributed by atoms with Gasteiger partial charge in [0.25, 0.3) is 0 Å². The van der Waals surface area contributed by atoms with Gasteiger partial charge in [-0.25, -0.2) is 0 Å². The van der Waals surface area contributed by atoms with Crippen molar-refractivity contribution < 1.29 is 18.3 Å². The Morgan fingerprint density at radius 3 is 1.58 bits per heavy atom. The number of hydrogen-bond donors (Lipinski definition) is 0. The van der Waals surface area contributed by atoms with E-state index in [1.807, 2.05) is 0 Å². The van der Waals surface area contributed by atoms with Gasteiger partial charge >= 0.3 is 78.6 Å². The van der Waals surface area contributed by atoms with Crippen molar-refractivity contribution in [1.82, 2.24) is 0 Å². The molecule has 0 radical (unpaired) electrons. The Kier molecular flexibility index (Phi) is 2.69. The summed E-state index contributed by atoms with van der Waals surface area (Å²) in [6.45, 7) is 0. The van der Waals surface area contributed by atoms with Crippen LogP contribution in [-0.2, 0) is 18.3 Å². The van der Waals surface area contributed by atoms with Gasteiger partial charge in [0.05, 0.1) is 0 Å². The molecular formula is C10H16BrZn. The van der Waals surface area contributed by atoms with Crippen LogP contribution in [0.15, 0.2) is 0 Å². The van der Waals surface area contributed by atoms with Crippen LogP contribution < -0.4 is 0 Å². The summed E-state index contributed by atoms with van der Waals surface area (Å²) in [6.07, 6.45) is 8.10. The predicted octanol–water partition coefficient (Wildman–Crippen LogP) is 3.36. The summed E-state index contributed by atoms with van der Waals surface area (Å²) in [4.78, 5) is 0. The first-order valence-electron chi connectivity index (χ1n) is 5.16. The second-order valence-corrected chi connectivity index (χ2v) is 7.07. The summed E-state index contributed by atoms with van der Waals surface area (Å²) in [5.41, 5.74) is 0. The molecule has 4 bridgehead atoms. The molecule has 0 aromatic heterocycles. The van der Waals surface area contributed by atoms with Crippen LogP contribution in [0.2, 0.25) is 4.51 Å². The third kappa shape index (κ3) is 1.34. The van der Waals surface area contributed by atoms with E-state index in [-0.39, 0.29) is 17.0 Å². The van der Waals surface area contributed by atoms with Crippen molar-refractivity contribution in [3.05, 3.63) is 0 Å². The summed E-state index contributed by atoms with van der Waals surface area (Å²) < 4.78 is 1.21. The van der Waals surface area contributed by atoms with E-state index in [0.29, 0.717) is 0 Å². The first-order chi connectivity index (χ1) is 5.33. The quantitative estimate of drug-likeness (QED) is 0.597. The molecule has 4 aliphatic rings. The van der Waals surface area contributed by atoms with Gasteiger partial charge in [-0.3, -0.25) is 0 Å². The standard InChI is InChI=1S/C10H15.BrH.Zn/c1-7-2-9-4-8(1)5-10(3-7)6-9;;/h1,7-10H,2-6H2;1H;. The Morgan fingerprint density at radius 1 is 0.750 bits per heavy atom. The molecule has 0 aromatic rings. The average molecular weight is 282 g/mol. The fourth-order valence-electron chi connectivity index (χ4n) is 4.04. The molecule has 4 rings (SSSR count). The molecule has 0 atom stereocenters. The maximum atomic E-state index is 1.62. The van der Waals surface area contributed by atoms with E-state index in [1.165, 1.54) is 28.2 Å². The van der Waals surface area contributed by atoms with Crippen LogP contribution in [-0.4, -0.2) is 0 Å². The Labute approximate surface area is 95.3 Å². The van der Waals surface area contributed by atoms with E-state index in [9.17, 15) is 0 Å². The molecule has 4 aliphatic carbocycles. The molecule has 0 N–H and O–H groups in total. The fraction of sp³-hybridized carbons (Fsp3) is 1.00. The Bertz CT molecular complexity index is 153. The molecule has 4 fully saturated rings. The van der Waals surface area contributed by atoms with E-state index in [1.54, 1.807) is 50.4 Å². The van der Waals surface area contributed by atoms with Crippen molar-refractivity contribution >= 4 is 17.0 Å². The Morgan fingerprint density at radius 2 is 1.17 bits per heavy atom. The van der Waals surface area contributed by atoms with Crippen molar-refractivity contribution in [3.63, 3.8) is 0 Å². The molecule has 0 aromatic carbocycles. The van der Waals surface area contributed by atoms with E-state index >= 15 is 0 Å². The van der Waals surface area contributed by atoms with Crippen molar-refractivity contribution in [3.8, 4) is 0 Å². The van der Waals surface area contributed by atoms with Gasteiger partial charge in [0.1, 0.15) is 0 Å². The van der Waals surface area contributed by atoms with Crippen molar-refractivity contribution in [2.24, 2.45) is 23.7 Å². The average Bonchev–Trinajstić information content (AvgIpc) is 1.98. The first kappa shape index (κ1) is 9.65. The van der Waals surface area contributed by atoms with Gasteiger partial charge in [-0.15, -0.1) is 17.0 Å². The monoisotopic (exact) mass is 279 g/mol. The van der Waals surface area contributed by atoms with E-state index < -0.39 is 0 Å². The third-order valence-corrected chi connectivity index (χ3v) is 7.22. The van der Waals surface area contributed by atoms with E-state index in [4.69, 9.17) is 0 Å². The van der Waals surface area contributed by atoms with Gasteiger partial charge < -0.3 is 0 Å². The topological polar surface area (TPSA) is 0 Å². The fourth-order valence-corrected chi connectivity index (χ4v) is 5.65. The maximum absolute atomic E-state index is 1.62. The summed E-state index contributed by atoms with van der Waals surface area (Å²) in [7, 11) is 0. The molecule has 65 valence electrons. The van der Waals surface area contributed by atoms with Crippen molar-refractivity contribution in [1.29, 1.82) is 0 Å². The minimum absolute atomic E-state index is 0. The van der Waals surface area contributed by atoms with Crippen LogP contribution in [0.5, 0.6) is 0 Å². The van der Waals surface area contributed by atoms with Crippen molar-refractivity contribution in [2.45, 2.75) is 36.6 Å². The van der Waals surface area contributed by atoms with Gasteiger partial charge in [0, 0.05) is 0 Å². The SMILES string of the molecule is Br.[Zn][CH]1C2CC3CC(C2)CC1C3. The zero-order valence-electron chi connectivity index (χ0n) is 7.54. The van der Waals surface area contributed by atoms with Crippen LogP contribution in [0.4, 0.5) is 0 Å². The van der Waals surface area contributed by atoms with Crippen LogP contribution in [0.3, 0.4) is 0 Å². The second-order valence-electron chi connectivity index (χ2n) is 5.09. The van der Waals surface area contributed by atoms with Gasteiger partial charge in [-0.2, -0.15) is 0 Å². The Hall–Kier alpha value is 1.10. The number of halogens is 1. The van der Waals surface area contributed by atoms with Gasteiger partial charge in [0.2, 0.25) is 0 Å². The molecule has 0 nitrogen and oxygen atoms in total. The Balaban J connectivity index is 0.000000563. The zero-order valence-corrected chi connectivity index (χ0v) is 12.2. The molecule has 0 aliphatic heterocycles. The second kappa shape index (κ2) is 3.35. The van der Waals surface area contributed by atoms with Gasteiger partial charge in [-0.05, 0) is 0 Å². The molecule has 0 amide bonds. The minimum atomic E-state index is 0.